The summed E-state index contributed by atoms with van der Waals surface area (Å²) >= 11 is 2.17. The second kappa shape index (κ2) is 6.04. The van der Waals surface area contributed by atoms with Gasteiger partial charge in [-0.1, -0.05) is 24.3 Å². The molecule has 0 unspecified atom stereocenters. The Hall–Kier alpha value is -1.89. The monoisotopic (exact) mass is 380 g/mol. The highest BCUT2D eigenvalue weighted by molar-refractivity contribution is 14.1. The van der Waals surface area contributed by atoms with Gasteiger partial charge in [-0.2, -0.15) is 0 Å². The van der Waals surface area contributed by atoms with Gasteiger partial charge in [-0.25, -0.2) is 0 Å². The van der Waals surface area contributed by atoms with E-state index < -0.39 is 11.9 Å². The first-order valence-corrected chi connectivity index (χ1v) is 6.95. The van der Waals surface area contributed by atoms with Crippen molar-refractivity contribution >= 4 is 40.2 Å². The SMILES string of the molecule is Cc1ccc(NC(=O)c2ccccc2C(=O)[O-])cc1I. The average Bonchev–Trinajstić information content (AvgIpc) is 2.43. The van der Waals surface area contributed by atoms with E-state index in [0.717, 1.165) is 9.13 Å². The molecule has 5 heteroatoms. The van der Waals surface area contributed by atoms with Crippen molar-refractivity contribution < 1.29 is 14.7 Å². The van der Waals surface area contributed by atoms with Crippen LogP contribution in [0.1, 0.15) is 26.3 Å². The molecule has 2 aromatic rings. The van der Waals surface area contributed by atoms with Gasteiger partial charge in [-0.15, -0.1) is 0 Å². The first-order chi connectivity index (χ1) is 9.49. The minimum absolute atomic E-state index is 0.0862. The molecule has 0 aromatic heterocycles. The van der Waals surface area contributed by atoms with E-state index in [0.29, 0.717) is 5.69 Å². The summed E-state index contributed by atoms with van der Waals surface area (Å²) in [5.74, 6) is -1.83. The number of carboxylic acids is 1. The molecule has 0 aliphatic heterocycles. The van der Waals surface area contributed by atoms with E-state index in [1.165, 1.54) is 12.1 Å². The number of amides is 1. The number of carbonyl (C=O) groups excluding carboxylic acids is 2. The van der Waals surface area contributed by atoms with E-state index in [9.17, 15) is 14.7 Å². The molecule has 0 saturated carbocycles. The summed E-state index contributed by atoms with van der Waals surface area (Å²) in [6, 6.07) is 11.5. The zero-order valence-corrected chi connectivity index (χ0v) is 12.8. The van der Waals surface area contributed by atoms with Crippen molar-refractivity contribution in [2.75, 3.05) is 5.32 Å². The number of hydrogen-bond acceptors (Lipinski definition) is 3. The summed E-state index contributed by atoms with van der Waals surface area (Å²) in [5.41, 5.74) is 1.70. The summed E-state index contributed by atoms with van der Waals surface area (Å²) in [7, 11) is 0. The molecule has 4 nitrogen and oxygen atoms in total. The molecule has 0 atom stereocenters. The third kappa shape index (κ3) is 3.16. The minimum atomic E-state index is -1.37. The standard InChI is InChI=1S/C15H12INO3/c1-9-6-7-10(8-13(9)16)17-14(18)11-4-2-3-5-12(11)15(19)20/h2-8H,1H3,(H,17,18)(H,19,20)/p-1. The molecule has 2 rings (SSSR count). The van der Waals surface area contributed by atoms with E-state index in [1.54, 1.807) is 18.2 Å². The highest BCUT2D eigenvalue weighted by atomic mass is 127. The lowest BCUT2D eigenvalue weighted by atomic mass is 10.1. The molecule has 1 N–H and O–H groups in total. The fourth-order valence-electron chi connectivity index (χ4n) is 1.73. The van der Waals surface area contributed by atoms with Crippen LogP contribution in [0.5, 0.6) is 0 Å². The summed E-state index contributed by atoms with van der Waals surface area (Å²) < 4.78 is 1.02. The van der Waals surface area contributed by atoms with Crippen molar-refractivity contribution in [3.8, 4) is 0 Å². The molecule has 0 fully saturated rings. The van der Waals surface area contributed by atoms with E-state index in [2.05, 4.69) is 27.9 Å². The number of anilines is 1. The van der Waals surface area contributed by atoms with Gasteiger partial charge in [0.05, 0.1) is 5.97 Å². The topological polar surface area (TPSA) is 69.2 Å². The van der Waals surface area contributed by atoms with Gasteiger partial charge < -0.3 is 15.2 Å². The highest BCUT2D eigenvalue weighted by Gasteiger charge is 2.12. The number of carboxylic acid groups (broad SMARTS) is 1. The maximum atomic E-state index is 12.1. The Bertz CT molecular complexity index is 683. The van der Waals surface area contributed by atoms with Gasteiger partial charge in [-0.05, 0) is 53.3 Å². The molecule has 20 heavy (non-hydrogen) atoms. The smallest absolute Gasteiger partial charge is 0.256 e. The van der Waals surface area contributed by atoms with Gasteiger partial charge >= 0.3 is 0 Å². The fraction of sp³-hybridized carbons (Fsp3) is 0.0667. The van der Waals surface area contributed by atoms with Gasteiger partial charge in [0.1, 0.15) is 0 Å². The normalized spacial score (nSPS) is 10.1. The lowest BCUT2D eigenvalue weighted by Crippen LogP contribution is -2.26. The zero-order valence-electron chi connectivity index (χ0n) is 10.6. The summed E-state index contributed by atoms with van der Waals surface area (Å²) in [4.78, 5) is 23.1. The quantitative estimate of drug-likeness (QED) is 0.831. The van der Waals surface area contributed by atoms with Crippen molar-refractivity contribution in [1.82, 2.24) is 0 Å². The number of nitrogens with one attached hydrogen (secondary N) is 1. The molecule has 0 aliphatic carbocycles. The fourth-order valence-corrected chi connectivity index (χ4v) is 2.24. The van der Waals surface area contributed by atoms with Crippen LogP contribution in [0.2, 0.25) is 0 Å². The number of carbonyl (C=O) groups is 2. The molecule has 102 valence electrons. The second-order valence-electron chi connectivity index (χ2n) is 4.25. The number of rotatable bonds is 3. The Morgan fingerprint density at radius 1 is 1.10 bits per heavy atom. The number of benzene rings is 2. The summed E-state index contributed by atoms with van der Waals surface area (Å²) in [6.07, 6.45) is 0. The third-order valence-electron chi connectivity index (χ3n) is 2.82. The maximum absolute atomic E-state index is 12.1. The predicted octanol–water partition coefficient (Wildman–Crippen LogP) is 2.22. The van der Waals surface area contributed by atoms with Gasteiger partial charge in [0.2, 0.25) is 0 Å². The lowest BCUT2D eigenvalue weighted by molar-refractivity contribution is -0.255. The van der Waals surface area contributed by atoms with Crippen LogP contribution in [-0.4, -0.2) is 11.9 Å². The van der Waals surface area contributed by atoms with Gasteiger partial charge in [0.15, 0.2) is 0 Å². The average molecular weight is 380 g/mol. The molecule has 0 bridgehead atoms. The molecule has 1 amide bonds. The molecule has 0 radical (unpaired) electrons. The molecule has 0 aliphatic rings. The molecule has 0 spiro atoms. The number of hydrogen-bond donors (Lipinski definition) is 1. The Morgan fingerprint density at radius 2 is 1.75 bits per heavy atom. The lowest BCUT2D eigenvalue weighted by Gasteiger charge is -2.11. The van der Waals surface area contributed by atoms with E-state index in [4.69, 9.17) is 0 Å². The Balaban J connectivity index is 2.28. The second-order valence-corrected chi connectivity index (χ2v) is 5.41. The number of aryl methyl sites for hydroxylation is 1. The zero-order chi connectivity index (χ0) is 14.7. The Morgan fingerprint density at radius 3 is 2.35 bits per heavy atom. The summed E-state index contributed by atoms with van der Waals surface area (Å²) in [5, 5.41) is 13.7. The first-order valence-electron chi connectivity index (χ1n) is 5.87. The molecular weight excluding hydrogens is 369 g/mol. The van der Waals surface area contributed by atoms with Crippen LogP contribution in [0, 0.1) is 10.5 Å². The number of halogens is 1. The maximum Gasteiger partial charge on any atom is 0.256 e. The largest absolute Gasteiger partial charge is 0.545 e. The Kier molecular flexibility index (Phi) is 4.39. The minimum Gasteiger partial charge on any atom is -0.545 e. The Labute approximate surface area is 130 Å². The van der Waals surface area contributed by atoms with Crippen LogP contribution in [0.3, 0.4) is 0 Å². The van der Waals surface area contributed by atoms with Crippen LogP contribution < -0.4 is 10.4 Å². The molecule has 0 heterocycles. The number of aromatic carboxylic acids is 1. The molecule has 2 aromatic carbocycles. The molecule has 0 saturated heterocycles. The van der Waals surface area contributed by atoms with Crippen LogP contribution in [0.4, 0.5) is 5.69 Å². The van der Waals surface area contributed by atoms with Crippen LogP contribution >= 0.6 is 22.6 Å². The summed E-state index contributed by atoms with van der Waals surface area (Å²) in [6.45, 7) is 1.97. The van der Waals surface area contributed by atoms with Crippen LogP contribution in [-0.2, 0) is 0 Å². The first kappa shape index (κ1) is 14.5. The van der Waals surface area contributed by atoms with Gasteiger partial charge in [-0.3, -0.25) is 4.79 Å². The third-order valence-corrected chi connectivity index (χ3v) is 3.98. The van der Waals surface area contributed by atoms with Gasteiger partial charge in [0.25, 0.3) is 5.91 Å². The van der Waals surface area contributed by atoms with Crippen molar-refractivity contribution in [3.63, 3.8) is 0 Å². The van der Waals surface area contributed by atoms with Crippen molar-refractivity contribution in [3.05, 3.63) is 62.7 Å². The van der Waals surface area contributed by atoms with E-state index in [-0.39, 0.29) is 11.1 Å². The van der Waals surface area contributed by atoms with Crippen LogP contribution in [0.25, 0.3) is 0 Å². The van der Waals surface area contributed by atoms with Crippen molar-refractivity contribution in [2.24, 2.45) is 0 Å². The van der Waals surface area contributed by atoms with E-state index >= 15 is 0 Å². The van der Waals surface area contributed by atoms with Gasteiger partial charge in [0, 0.05) is 20.4 Å². The van der Waals surface area contributed by atoms with Crippen molar-refractivity contribution in [1.29, 1.82) is 0 Å². The molecular formula is C15H11INO3-. The van der Waals surface area contributed by atoms with Crippen LogP contribution in [0.15, 0.2) is 42.5 Å². The predicted molar refractivity (Wildman–Crippen MR) is 82.6 cm³/mol. The highest BCUT2D eigenvalue weighted by Crippen LogP contribution is 2.18. The van der Waals surface area contributed by atoms with E-state index in [1.807, 2.05) is 19.1 Å². The van der Waals surface area contributed by atoms with Crippen molar-refractivity contribution in [2.45, 2.75) is 6.92 Å².